The second kappa shape index (κ2) is 8.57. The van der Waals surface area contributed by atoms with Crippen molar-refractivity contribution in [2.75, 3.05) is 31.1 Å². The van der Waals surface area contributed by atoms with E-state index in [0.717, 1.165) is 29.5 Å². The fraction of sp³-hybridized carbons (Fsp3) is 0.333. The molecule has 0 saturated carbocycles. The summed E-state index contributed by atoms with van der Waals surface area (Å²) in [6.07, 6.45) is 3.47. The number of amides is 1. The van der Waals surface area contributed by atoms with Crippen LogP contribution in [0.25, 0.3) is 0 Å². The van der Waals surface area contributed by atoms with E-state index in [-0.39, 0.29) is 5.91 Å². The Labute approximate surface area is 174 Å². The Balaban J connectivity index is 1.36. The Kier molecular flexibility index (Phi) is 5.71. The molecule has 0 atom stereocenters. The second-order valence-corrected chi connectivity index (χ2v) is 8.04. The van der Waals surface area contributed by atoms with E-state index in [2.05, 4.69) is 19.9 Å². The monoisotopic (exact) mass is 409 g/mol. The van der Waals surface area contributed by atoms with Gasteiger partial charge in [0.2, 0.25) is 5.95 Å². The van der Waals surface area contributed by atoms with Gasteiger partial charge in [-0.05, 0) is 32.0 Å². The molecular weight excluding hydrogens is 386 g/mol. The number of carbonyl (C=O) groups excluding carboxylic acids is 1. The van der Waals surface area contributed by atoms with Crippen molar-refractivity contribution in [2.24, 2.45) is 0 Å². The molecule has 1 aliphatic heterocycles. The lowest BCUT2D eigenvalue weighted by Gasteiger charge is -2.34. The molecule has 7 nitrogen and oxygen atoms in total. The minimum absolute atomic E-state index is 0.0372. The van der Waals surface area contributed by atoms with Crippen LogP contribution in [0.5, 0.6) is 5.75 Å². The van der Waals surface area contributed by atoms with Gasteiger partial charge in [-0.15, -0.1) is 11.3 Å². The lowest BCUT2D eigenvalue weighted by atomic mass is 10.2. The molecule has 1 aromatic carbocycles. The number of aryl methyl sites for hydroxylation is 2. The zero-order valence-corrected chi connectivity index (χ0v) is 17.4. The van der Waals surface area contributed by atoms with E-state index < -0.39 is 0 Å². The maximum absolute atomic E-state index is 13.0. The van der Waals surface area contributed by atoms with Crippen LogP contribution in [0.2, 0.25) is 0 Å². The number of hydrogen-bond donors (Lipinski definition) is 0. The third-order valence-electron chi connectivity index (χ3n) is 4.82. The topological polar surface area (TPSA) is 71.5 Å². The van der Waals surface area contributed by atoms with E-state index in [9.17, 15) is 4.79 Å². The highest BCUT2D eigenvalue weighted by Crippen LogP contribution is 2.23. The first-order chi connectivity index (χ1) is 14.1. The normalized spacial score (nSPS) is 14.1. The van der Waals surface area contributed by atoms with E-state index in [4.69, 9.17) is 4.74 Å². The molecule has 3 aromatic rings. The van der Waals surface area contributed by atoms with Gasteiger partial charge in [-0.25, -0.2) is 15.0 Å². The van der Waals surface area contributed by atoms with Crippen molar-refractivity contribution in [1.29, 1.82) is 0 Å². The van der Waals surface area contributed by atoms with Gasteiger partial charge in [0.25, 0.3) is 5.91 Å². The van der Waals surface area contributed by atoms with Crippen LogP contribution < -0.4 is 9.64 Å². The van der Waals surface area contributed by atoms with E-state index in [1.807, 2.05) is 43.0 Å². The molecule has 8 heteroatoms. The summed E-state index contributed by atoms with van der Waals surface area (Å²) in [6, 6.07) is 9.71. The van der Waals surface area contributed by atoms with Crippen molar-refractivity contribution in [3.63, 3.8) is 0 Å². The maximum Gasteiger partial charge on any atom is 0.265 e. The van der Waals surface area contributed by atoms with Gasteiger partial charge in [-0.1, -0.05) is 17.7 Å². The minimum atomic E-state index is 0.0372. The lowest BCUT2D eigenvalue weighted by Crippen LogP contribution is -2.49. The fourth-order valence-corrected chi connectivity index (χ4v) is 4.15. The SMILES string of the molecule is Cc1ccc(OCc2nc(C)c(C(=O)N3CCN(c4ncccn4)CC3)s2)cc1. The molecule has 4 rings (SSSR count). The van der Waals surface area contributed by atoms with Crippen molar-refractivity contribution in [2.45, 2.75) is 20.5 Å². The van der Waals surface area contributed by atoms with E-state index in [1.54, 1.807) is 18.5 Å². The van der Waals surface area contributed by atoms with E-state index in [1.165, 1.54) is 16.9 Å². The van der Waals surface area contributed by atoms with Crippen LogP contribution in [-0.2, 0) is 6.61 Å². The van der Waals surface area contributed by atoms with Crippen LogP contribution in [0.1, 0.15) is 25.9 Å². The number of aromatic nitrogens is 3. The Morgan fingerprint density at radius 2 is 1.76 bits per heavy atom. The molecule has 1 aliphatic rings. The maximum atomic E-state index is 13.0. The minimum Gasteiger partial charge on any atom is -0.486 e. The fourth-order valence-electron chi connectivity index (χ4n) is 3.20. The summed E-state index contributed by atoms with van der Waals surface area (Å²) < 4.78 is 5.81. The van der Waals surface area contributed by atoms with Gasteiger partial charge in [-0.2, -0.15) is 0 Å². The zero-order chi connectivity index (χ0) is 20.2. The number of hydrogen-bond acceptors (Lipinski definition) is 7. The molecule has 0 aliphatic carbocycles. The van der Waals surface area contributed by atoms with Crippen molar-refractivity contribution < 1.29 is 9.53 Å². The number of ether oxygens (including phenoxy) is 1. The van der Waals surface area contributed by atoms with E-state index >= 15 is 0 Å². The molecular formula is C21H23N5O2S. The molecule has 29 heavy (non-hydrogen) atoms. The predicted molar refractivity (Wildman–Crippen MR) is 113 cm³/mol. The predicted octanol–water partition coefficient (Wildman–Crippen LogP) is 3.09. The Hall–Kier alpha value is -3.00. The number of benzene rings is 1. The highest BCUT2D eigenvalue weighted by Gasteiger charge is 2.26. The Morgan fingerprint density at radius 1 is 1.07 bits per heavy atom. The van der Waals surface area contributed by atoms with Crippen LogP contribution in [0, 0.1) is 13.8 Å². The molecule has 0 radical (unpaired) electrons. The molecule has 0 N–H and O–H groups in total. The average molecular weight is 410 g/mol. The van der Waals surface area contributed by atoms with Crippen molar-refractivity contribution in [1.82, 2.24) is 19.9 Å². The molecule has 0 bridgehead atoms. The lowest BCUT2D eigenvalue weighted by molar-refractivity contribution is 0.0750. The molecule has 0 spiro atoms. The third kappa shape index (κ3) is 4.54. The van der Waals surface area contributed by atoms with Crippen molar-refractivity contribution in [3.05, 3.63) is 63.9 Å². The van der Waals surface area contributed by atoms with Gasteiger partial charge >= 0.3 is 0 Å². The number of thiazole rings is 1. The summed E-state index contributed by atoms with van der Waals surface area (Å²) in [5.41, 5.74) is 1.95. The quantitative estimate of drug-likeness (QED) is 0.645. The largest absolute Gasteiger partial charge is 0.486 e. The number of rotatable bonds is 5. The van der Waals surface area contributed by atoms with Gasteiger partial charge in [0, 0.05) is 38.6 Å². The van der Waals surface area contributed by atoms with Crippen molar-refractivity contribution >= 4 is 23.2 Å². The van der Waals surface area contributed by atoms with Crippen molar-refractivity contribution in [3.8, 4) is 5.75 Å². The number of carbonyl (C=O) groups is 1. The number of anilines is 1. The smallest absolute Gasteiger partial charge is 0.265 e. The second-order valence-electron chi connectivity index (χ2n) is 6.95. The number of piperazine rings is 1. The molecule has 1 saturated heterocycles. The van der Waals surface area contributed by atoms with Gasteiger partial charge in [0.15, 0.2) is 0 Å². The summed E-state index contributed by atoms with van der Waals surface area (Å²) >= 11 is 1.42. The summed E-state index contributed by atoms with van der Waals surface area (Å²) in [7, 11) is 0. The standard InChI is InChI=1S/C21H23N5O2S/c1-15-4-6-17(7-5-15)28-14-18-24-16(2)19(29-18)20(27)25-10-12-26(13-11-25)21-22-8-3-9-23-21/h3-9H,10-14H2,1-2H3. The first-order valence-corrected chi connectivity index (χ1v) is 10.4. The van der Waals surface area contributed by atoms with Gasteiger partial charge in [-0.3, -0.25) is 4.79 Å². The van der Waals surface area contributed by atoms with Gasteiger partial charge < -0.3 is 14.5 Å². The highest BCUT2D eigenvalue weighted by atomic mass is 32.1. The molecule has 3 heterocycles. The Morgan fingerprint density at radius 3 is 2.45 bits per heavy atom. The van der Waals surface area contributed by atoms with Crippen LogP contribution in [0.4, 0.5) is 5.95 Å². The number of nitrogens with zero attached hydrogens (tertiary/aromatic N) is 5. The molecule has 2 aromatic heterocycles. The molecule has 1 amide bonds. The molecule has 150 valence electrons. The van der Waals surface area contributed by atoms with Gasteiger partial charge in [0.05, 0.1) is 5.69 Å². The summed E-state index contributed by atoms with van der Waals surface area (Å²) in [6.45, 7) is 7.01. The van der Waals surface area contributed by atoms with Crippen LogP contribution in [-0.4, -0.2) is 51.9 Å². The first-order valence-electron chi connectivity index (χ1n) is 9.57. The highest BCUT2D eigenvalue weighted by molar-refractivity contribution is 7.13. The van der Waals surface area contributed by atoms with Crippen LogP contribution >= 0.6 is 11.3 Å². The van der Waals surface area contributed by atoms with Crippen LogP contribution in [0.15, 0.2) is 42.7 Å². The van der Waals surface area contributed by atoms with Gasteiger partial charge in [0.1, 0.15) is 22.2 Å². The molecule has 1 fully saturated rings. The molecule has 0 unspecified atom stereocenters. The summed E-state index contributed by atoms with van der Waals surface area (Å²) in [4.78, 5) is 30.8. The Bertz CT molecular complexity index is 966. The average Bonchev–Trinajstić information content (AvgIpc) is 3.14. The zero-order valence-electron chi connectivity index (χ0n) is 16.5. The van der Waals surface area contributed by atoms with Crippen LogP contribution in [0.3, 0.4) is 0 Å². The van der Waals surface area contributed by atoms with E-state index in [0.29, 0.717) is 30.5 Å². The first kappa shape index (κ1) is 19.3. The third-order valence-corrected chi connectivity index (χ3v) is 5.94. The summed E-state index contributed by atoms with van der Waals surface area (Å²) in [5, 5.41) is 0.808. The summed E-state index contributed by atoms with van der Waals surface area (Å²) in [5.74, 6) is 1.55.